The molecule has 3 heterocycles. The lowest BCUT2D eigenvalue weighted by atomic mass is 9.98. The maximum atomic E-state index is 12.5. The van der Waals surface area contributed by atoms with Crippen LogP contribution in [-0.4, -0.2) is 45.1 Å². The fourth-order valence-electron chi connectivity index (χ4n) is 3.63. The highest BCUT2D eigenvalue weighted by Crippen LogP contribution is 2.20. The van der Waals surface area contributed by atoms with Gasteiger partial charge in [0.25, 0.3) is 5.91 Å². The first kappa shape index (κ1) is 18.2. The van der Waals surface area contributed by atoms with Crippen molar-refractivity contribution < 1.29 is 4.79 Å². The average Bonchev–Trinajstić information content (AvgIpc) is 3.19. The molecule has 1 amide bonds. The van der Waals surface area contributed by atoms with Crippen molar-refractivity contribution in [3.05, 3.63) is 60.8 Å². The van der Waals surface area contributed by atoms with Gasteiger partial charge in [0.05, 0.1) is 18.2 Å². The normalized spacial score (nSPS) is 16.8. The second-order valence-electron chi connectivity index (χ2n) is 7.18. The van der Waals surface area contributed by atoms with Crippen molar-refractivity contribution in [1.29, 1.82) is 0 Å². The number of carbonyl (C=O) groups is 1. The van der Waals surface area contributed by atoms with Crippen LogP contribution in [0.1, 0.15) is 23.2 Å². The van der Waals surface area contributed by atoms with E-state index in [2.05, 4.69) is 25.2 Å². The predicted molar refractivity (Wildman–Crippen MR) is 108 cm³/mol. The molecule has 0 radical (unpaired) electrons. The Morgan fingerprint density at radius 3 is 2.71 bits per heavy atom. The third-order valence-electron chi connectivity index (χ3n) is 5.16. The number of amides is 1. The van der Waals surface area contributed by atoms with Gasteiger partial charge in [-0.05, 0) is 42.5 Å². The van der Waals surface area contributed by atoms with Gasteiger partial charge in [0.2, 0.25) is 5.95 Å². The number of aromatic nitrogens is 4. The van der Waals surface area contributed by atoms with Crippen LogP contribution in [0.15, 0.2) is 55.2 Å². The summed E-state index contributed by atoms with van der Waals surface area (Å²) in [6.45, 7) is 2.49. The van der Waals surface area contributed by atoms with Crippen LogP contribution in [0.3, 0.4) is 0 Å². The molecule has 1 aliphatic heterocycles. The van der Waals surface area contributed by atoms with Gasteiger partial charge in [-0.2, -0.15) is 0 Å². The summed E-state index contributed by atoms with van der Waals surface area (Å²) in [4.78, 5) is 27.5. The van der Waals surface area contributed by atoms with E-state index in [4.69, 9.17) is 0 Å². The summed E-state index contributed by atoms with van der Waals surface area (Å²) in [5.74, 6) is 1.13. The third kappa shape index (κ3) is 4.03. The first-order valence-electron chi connectivity index (χ1n) is 9.57. The Labute approximate surface area is 164 Å². The van der Waals surface area contributed by atoms with Gasteiger partial charge in [-0.15, -0.1) is 0 Å². The van der Waals surface area contributed by atoms with Gasteiger partial charge >= 0.3 is 0 Å². The Morgan fingerprint density at radius 1 is 1.21 bits per heavy atom. The smallest absolute Gasteiger partial charge is 0.251 e. The fraction of sp³-hybridized carbons (Fsp3) is 0.333. The van der Waals surface area contributed by atoms with Gasteiger partial charge < -0.3 is 14.8 Å². The topological polar surface area (TPSA) is 75.9 Å². The van der Waals surface area contributed by atoms with Crippen molar-refractivity contribution in [3.8, 4) is 11.3 Å². The Balaban J connectivity index is 1.33. The highest BCUT2D eigenvalue weighted by atomic mass is 16.1. The monoisotopic (exact) mass is 376 g/mol. The first-order chi connectivity index (χ1) is 13.7. The zero-order valence-electron chi connectivity index (χ0n) is 16.0. The zero-order valence-corrected chi connectivity index (χ0v) is 16.0. The second kappa shape index (κ2) is 8.21. The van der Waals surface area contributed by atoms with Gasteiger partial charge in [0, 0.05) is 44.6 Å². The predicted octanol–water partition coefficient (Wildman–Crippen LogP) is 2.52. The summed E-state index contributed by atoms with van der Waals surface area (Å²) in [6, 6.07) is 9.47. The average molecular weight is 376 g/mol. The molecule has 2 aromatic heterocycles. The van der Waals surface area contributed by atoms with Gasteiger partial charge in [-0.3, -0.25) is 4.79 Å². The van der Waals surface area contributed by atoms with E-state index in [-0.39, 0.29) is 5.91 Å². The molecule has 1 atom stereocenters. The Hall–Kier alpha value is -3.22. The molecule has 0 aliphatic carbocycles. The summed E-state index contributed by atoms with van der Waals surface area (Å²) in [5, 5.41) is 3.08. The molecule has 1 saturated heterocycles. The number of hydrogen-bond donors (Lipinski definition) is 1. The largest absolute Gasteiger partial charge is 0.352 e. The van der Waals surface area contributed by atoms with Crippen molar-refractivity contribution in [2.45, 2.75) is 12.8 Å². The van der Waals surface area contributed by atoms with Crippen molar-refractivity contribution >= 4 is 11.9 Å². The number of nitrogens with zero attached hydrogens (tertiary/aromatic N) is 5. The molecule has 0 unspecified atom stereocenters. The summed E-state index contributed by atoms with van der Waals surface area (Å²) in [5.41, 5.74) is 2.74. The van der Waals surface area contributed by atoms with E-state index in [9.17, 15) is 4.79 Å². The molecule has 4 rings (SSSR count). The van der Waals surface area contributed by atoms with E-state index >= 15 is 0 Å². The summed E-state index contributed by atoms with van der Waals surface area (Å²) >= 11 is 0. The molecule has 144 valence electrons. The number of aryl methyl sites for hydroxylation is 1. The summed E-state index contributed by atoms with van der Waals surface area (Å²) in [6.07, 6.45) is 9.30. The van der Waals surface area contributed by atoms with Gasteiger partial charge in [-0.25, -0.2) is 15.0 Å². The molecule has 28 heavy (non-hydrogen) atoms. The molecular formula is C21H24N6O. The number of hydrogen-bond acceptors (Lipinski definition) is 5. The van der Waals surface area contributed by atoms with E-state index in [1.165, 1.54) is 0 Å². The number of imidazole rings is 1. The van der Waals surface area contributed by atoms with Crippen LogP contribution in [0.5, 0.6) is 0 Å². The number of piperidine rings is 1. The van der Waals surface area contributed by atoms with Crippen molar-refractivity contribution in [2.75, 3.05) is 24.5 Å². The minimum atomic E-state index is -0.0374. The van der Waals surface area contributed by atoms with Crippen molar-refractivity contribution in [2.24, 2.45) is 13.0 Å². The van der Waals surface area contributed by atoms with Crippen LogP contribution < -0.4 is 10.2 Å². The van der Waals surface area contributed by atoms with E-state index in [0.717, 1.165) is 43.1 Å². The molecular weight excluding hydrogens is 352 g/mol. The number of carbonyl (C=O) groups excluding carboxylic acids is 1. The molecule has 1 aliphatic rings. The van der Waals surface area contributed by atoms with Gasteiger partial charge in [0.1, 0.15) is 0 Å². The van der Waals surface area contributed by atoms with Crippen LogP contribution >= 0.6 is 0 Å². The number of anilines is 1. The van der Waals surface area contributed by atoms with Crippen LogP contribution in [0.2, 0.25) is 0 Å². The zero-order chi connectivity index (χ0) is 19.3. The van der Waals surface area contributed by atoms with Crippen molar-refractivity contribution in [3.63, 3.8) is 0 Å². The Morgan fingerprint density at radius 2 is 2.00 bits per heavy atom. The first-order valence-corrected chi connectivity index (χ1v) is 9.57. The highest BCUT2D eigenvalue weighted by molar-refractivity contribution is 5.94. The number of benzene rings is 1. The molecule has 0 bridgehead atoms. The lowest BCUT2D eigenvalue weighted by molar-refractivity contribution is 0.0945. The fourth-order valence-corrected chi connectivity index (χ4v) is 3.63. The van der Waals surface area contributed by atoms with Crippen molar-refractivity contribution in [1.82, 2.24) is 24.8 Å². The van der Waals surface area contributed by atoms with Crippen LogP contribution in [0.4, 0.5) is 5.95 Å². The molecule has 1 N–H and O–H groups in total. The second-order valence-corrected chi connectivity index (χ2v) is 7.18. The maximum Gasteiger partial charge on any atom is 0.251 e. The molecule has 7 nitrogen and oxygen atoms in total. The summed E-state index contributed by atoms with van der Waals surface area (Å²) < 4.78 is 1.96. The molecule has 1 aromatic carbocycles. The highest BCUT2D eigenvalue weighted by Gasteiger charge is 2.22. The van der Waals surface area contributed by atoms with E-state index in [0.29, 0.717) is 18.0 Å². The third-order valence-corrected chi connectivity index (χ3v) is 5.16. The lowest BCUT2D eigenvalue weighted by Crippen LogP contribution is -2.41. The number of rotatable bonds is 5. The van der Waals surface area contributed by atoms with Gasteiger partial charge in [0.15, 0.2) is 0 Å². The molecule has 0 spiro atoms. The van der Waals surface area contributed by atoms with E-state index in [1.807, 2.05) is 48.1 Å². The molecule has 1 fully saturated rings. The standard InChI is InChI=1S/C21H24N6O/c1-26-15-22-13-19(26)17-5-7-18(8-6-17)20(28)25-12-16-4-2-11-27(14-16)21-23-9-3-10-24-21/h3,5-10,13,15-16H,2,4,11-12,14H2,1H3,(H,25,28)/t16-/m1/s1. The SMILES string of the molecule is Cn1cncc1-c1ccc(C(=O)NC[C@H]2CCCN(c3ncccn3)C2)cc1. The minimum absolute atomic E-state index is 0.0374. The Bertz CT molecular complexity index is 922. The van der Waals surface area contributed by atoms with Crippen LogP contribution in [-0.2, 0) is 7.05 Å². The van der Waals surface area contributed by atoms with Gasteiger partial charge in [-0.1, -0.05) is 12.1 Å². The van der Waals surface area contributed by atoms with E-state index < -0.39 is 0 Å². The van der Waals surface area contributed by atoms with E-state index in [1.54, 1.807) is 18.7 Å². The Kier molecular flexibility index (Phi) is 5.32. The molecule has 0 saturated carbocycles. The minimum Gasteiger partial charge on any atom is -0.352 e. The van der Waals surface area contributed by atoms with Crippen LogP contribution in [0.25, 0.3) is 11.3 Å². The maximum absolute atomic E-state index is 12.5. The number of nitrogens with one attached hydrogen (secondary N) is 1. The lowest BCUT2D eigenvalue weighted by Gasteiger charge is -2.32. The quantitative estimate of drug-likeness (QED) is 0.741. The molecule has 3 aromatic rings. The van der Waals surface area contributed by atoms with Crippen LogP contribution in [0, 0.1) is 5.92 Å². The molecule has 7 heteroatoms. The summed E-state index contributed by atoms with van der Waals surface area (Å²) in [7, 11) is 1.96.